The molecule has 1 saturated heterocycles. The van der Waals surface area contributed by atoms with Crippen LogP contribution in [0, 0.1) is 0 Å². The van der Waals surface area contributed by atoms with Crippen molar-refractivity contribution in [2.45, 2.75) is 44.2 Å². The Morgan fingerprint density at radius 3 is 2.27 bits per heavy atom. The van der Waals surface area contributed by atoms with E-state index in [9.17, 15) is 22.8 Å². The van der Waals surface area contributed by atoms with Gasteiger partial charge in [0.1, 0.15) is 0 Å². The highest BCUT2D eigenvalue weighted by molar-refractivity contribution is 6.33. The predicted octanol–water partition coefficient (Wildman–Crippen LogP) is 4.71. The number of rotatable bonds is 3. The number of hydrogen-bond donors (Lipinski definition) is 2. The molecule has 0 bridgehead atoms. The number of nitrogens with one attached hydrogen (secondary N) is 2. The standard InChI is InChI=1S/C23H22ClF3N2O4/c1-13(14-2-4-15(5-3-14)23(25,26)27)29-21-16-10-11-28-12-22(17(16)6-7-18(21)24)32-19(30)8-9-20(31)33-22/h2-7,13,28-29H,8-12H2,1H3. The topological polar surface area (TPSA) is 76.7 Å². The SMILES string of the molecule is CC(Nc1c(Cl)ccc2c1CCNCC21OC(=O)CCC(=O)O1)c1ccc(C(F)(F)F)cc1. The lowest BCUT2D eigenvalue weighted by atomic mass is 9.95. The smallest absolute Gasteiger partial charge is 0.416 e. The molecule has 6 nitrogen and oxygen atoms in total. The van der Waals surface area contributed by atoms with Crippen LogP contribution in [-0.4, -0.2) is 25.0 Å². The molecule has 2 aliphatic rings. The first kappa shape index (κ1) is 23.4. The molecule has 2 aromatic rings. The molecule has 2 aliphatic heterocycles. The number of anilines is 1. The number of hydrogen-bond acceptors (Lipinski definition) is 6. The van der Waals surface area contributed by atoms with Gasteiger partial charge in [-0.25, -0.2) is 0 Å². The lowest BCUT2D eigenvalue weighted by Crippen LogP contribution is -2.43. The first-order valence-electron chi connectivity index (χ1n) is 10.5. The normalized spacial score (nSPS) is 19.1. The van der Waals surface area contributed by atoms with Crippen molar-refractivity contribution in [3.05, 3.63) is 63.7 Å². The highest BCUT2D eigenvalue weighted by Crippen LogP contribution is 2.41. The number of halogens is 4. The maximum Gasteiger partial charge on any atom is 0.416 e. The molecule has 2 heterocycles. The van der Waals surface area contributed by atoms with E-state index in [2.05, 4.69) is 10.6 Å². The number of carbonyl (C=O) groups is 2. The lowest BCUT2D eigenvalue weighted by Gasteiger charge is -2.32. The van der Waals surface area contributed by atoms with Gasteiger partial charge in [-0.2, -0.15) is 13.2 Å². The second kappa shape index (κ2) is 8.87. The molecule has 0 aromatic heterocycles. The van der Waals surface area contributed by atoms with Crippen molar-refractivity contribution in [2.24, 2.45) is 0 Å². The fourth-order valence-corrected chi connectivity index (χ4v) is 4.32. The van der Waals surface area contributed by atoms with Crippen molar-refractivity contribution in [2.75, 3.05) is 18.4 Å². The zero-order chi connectivity index (χ0) is 23.8. The molecule has 1 atom stereocenters. The van der Waals surface area contributed by atoms with Crippen LogP contribution >= 0.6 is 11.6 Å². The van der Waals surface area contributed by atoms with Crippen LogP contribution in [0.4, 0.5) is 18.9 Å². The minimum atomic E-state index is -4.41. The summed E-state index contributed by atoms with van der Waals surface area (Å²) in [5, 5.41) is 6.81. The molecule has 0 radical (unpaired) electrons. The Labute approximate surface area is 193 Å². The monoisotopic (exact) mass is 482 g/mol. The fourth-order valence-electron chi connectivity index (χ4n) is 4.09. The Kier molecular flexibility index (Phi) is 6.28. The molecular formula is C23H22ClF3N2O4. The maximum absolute atomic E-state index is 12.9. The highest BCUT2D eigenvalue weighted by Gasteiger charge is 2.46. The zero-order valence-corrected chi connectivity index (χ0v) is 18.5. The van der Waals surface area contributed by atoms with Gasteiger partial charge in [-0.3, -0.25) is 9.59 Å². The van der Waals surface area contributed by atoms with Crippen molar-refractivity contribution in [1.29, 1.82) is 0 Å². The van der Waals surface area contributed by atoms with Gasteiger partial charge in [0, 0.05) is 11.6 Å². The van der Waals surface area contributed by atoms with E-state index in [0.29, 0.717) is 40.4 Å². The van der Waals surface area contributed by atoms with Crippen LogP contribution in [-0.2, 0) is 37.4 Å². The Morgan fingerprint density at radius 1 is 1.03 bits per heavy atom. The Bertz CT molecular complexity index is 1050. The number of carbonyl (C=O) groups excluding carboxylic acids is 2. The minimum Gasteiger partial charge on any atom is -0.416 e. The third-order valence-electron chi connectivity index (χ3n) is 5.77. The van der Waals surface area contributed by atoms with Gasteiger partial charge in [0.2, 0.25) is 0 Å². The molecule has 0 amide bonds. The molecule has 33 heavy (non-hydrogen) atoms. The highest BCUT2D eigenvalue weighted by atomic mass is 35.5. The van der Waals surface area contributed by atoms with Crippen molar-refractivity contribution >= 4 is 29.2 Å². The Hall–Kier alpha value is -2.78. The van der Waals surface area contributed by atoms with E-state index in [4.69, 9.17) is 21.1 Å². The third kappa shape index (κ3) is 4.79. The van der Waals surface area contributed by atoms with Crippen molar-refractivity contribution in [3.8, 4) is 0 Å². The summed E-state index contributed by atoms with van der Waals surface area (Å²) in [4.78, 5) is 24.5. The molecule has 176 valence electrons. The summed E-state index contributed by atoms with van der Waals surface area (Å²) in [6.07, 6.45) is -4.06. The van der Waals surface area contributed by atoms with Crippen molar-refractivity contribution in [1.82, 2.24) is 5.32 Å². The summed E-state index contributed by atoms with van der Waals surface area (Å²) in [7, 11) is 0. The van der Waals surface area contributed by atoms with Crippen molar-refractivity contribution < 1.29 is 32.2 Å². The molecule has 0 saturated carbocycles. The average molecular weight is 483 g/mol. The van der Waals surface area contributed by atoms with E-state index in [1.807, 2.05) is 0 Å². The van der Waals surface area contributed by atoms with E-state index >= 15 is 0 Å². The molecule has 2 aromatic carbocycles. The summed E-state index contributed by atoms with van der Waals surface area (Å²) >= 11 is 6.50. The Morgan fingerprint density at radius 2 is 1.67 bits per heavy atom. The van der Waals surface area contributed by atoms with Gasteiger partial charge < -0.3 is 20.1 Å². The van der Waals surface area contributed by atoms with Crippen LogP contribution in [0.2, 0.25) is 5.02 Å². The molecule has 1 spiro atoms. The number of ether oxygens (including phenoxy) is 2. The first-order chi connectivity index (χ1) is 15.6. The molecular weight excluding hydrogens is 461 g/mol. The summed E-state index contributed by atoms with van der Waals surface area (Å²) in [6.45, 7) is 2.40. The van der Waals surface area contributed by atoms with Gasteiger partial charge in [-0.05, 0) is 55.3 Å². The van der Waals surface area contributed by atoms with Crippen LogP contribution < -0.4 is 10.6 Å². The summed E-state index contributed by atoms with van der Waals surface area (Å²) < 4.78 is 49.9. The van der Waals surface area contributed by atoms with Crippen LogP contribution in [0.1, 0.15) is 48.1 Å². The number of esters is 2. The molecule has 2 N–H and O–H groups in total. The molecule has 0 aliphatic carbocycles. The van der Waals surface area contributed by atoms with Gasteiger partial charge in [0.25, 0.3) is 5.79 Å². The third-order valence-corrected chi connectivity index (χ3v) is 6.09. The van der Waals surface area contributed by atoms with E-state index in [1.165, 1.54) is 12.1 Å². The summed E-state index contributed by atoms with van der Waals surface area (Å²) in [5.41, 5.74) is 1.65. The summed E-state index contributed by atoms with van der Waals surface area (Å²) in [5.74, 6) is -2.70. The molecule has 1 fully saturated rings. The minimum absolute atomic E-state index is 0.0699. The van der Waals surface area contributed by atoms with E-state index in [0.717, 1.165) is 12.1 Å². The number of benzene rings is 2. The quantitative estimate of drug-likeness (QED) is 0.617. The second-order valence-electron chi connectivity index (χ2n) is 8.06. The van der Waals surface area contributed by atoms with E-state index in [-0.39, 0.29) is 25.4 Å². The average Bonchev–Trinajstić information content (AvgIpc) is 3.02. The zero-order valence-electron chi connectivity index (χ0n) is 17.7. The first-order valence-corrected chi connectivity index (χ1v) is 10.9. The van der Waals surface area contributed by atoms with Crippen LogP contribution in [0.15, 0.2) is 36.4 Å². The largest absolute Gasteiger partial charge is 0.416 e. The molecule has 4 rings (SSSR count). The molecule has 10 heteroatoms. The van der Waals surface area contributed by atoms with Gasteiger partial charge >= 0.3 is 18.1 Å². The number of alkyl halides is 3. The van der Waals surface area contributed by atoms with Crippen LogP contribution in [0.3, 0.4) is 0 Å². The van der Waals surface area contributed by atoms with Crippen LogP contribution in [0.25, 0.3) is 0 Å². The number of fused-ring (bicyclic) bond motifs is 2. The van der Waals surface area contributed by atoms with Gasteiger partial charge in [-0.15, -0.1) is 0 Å². The maximum atomic E-state index is 12.9. The second-order valence-corrected chi connectivity index (χ2v) is 8.47. The van der Waals surface area contributed by atoms with Crippen LogP contribution in [0.5, 0.6) is 0 Å². The predicted molar refractivity (Wildman–Crippen MR) is 115 cm³/mol. The molecule has 1 unspecified atom stereocenters. The lowest BCUT2D eigenvalue weighted by molar-refractivity contribution is -0.225. The van der Waals surface area contributed by atoms with Crippen molar-refractivity contribution in [3.63, 3.8) is 0 Å². The van der Waals surface area contributed by atoms with Gasteiger partial charge in [-0.1, -0.05) is 23.7 Å². The Balaban J connectivity index is 1.70. The summed E-state index contributed by atoms with van der Waals surface area (Å²) in [6, 6.07) is 7.78. The van der Waals surface area contributed by atoms with Gasteiger partial charge in [0.05, 0.1) is 35.7 Å². The van der Waals surface area contributed by atoms with E-state index in [1.54, 1.807) is 19.1 Å². The van der Waals surface area contributed by atoms with Gasteiger partial charge in [0.15, 0.2) is 0 Å². The van der Waals surface area contributed by atoms with E-state index < -0.39 is 29.5 Å². The fraction of sp³-hybridized carbons (Fsp3) is 0.391.